The molecule has 0 heterocycles. The number of carboxylic acids is 1. The molecular formula is C12H22N2O4. The molecule has 0 aliphatic carbocycles. The monoisotopic (exact) mass is 258 g/mol. The molecule has 104 valence electrons. The summed E-state index contributed by atoms with van der Waals surface area (Å²) in [6, 6.07) is -0.941. The Labute approximate surface area is 107 Å². The number of carbonyl (C=O) groups is 3. The van der Waals surface area contributed by atoms with E-state index in [1.807, 2.05) is 0 Å². The number of aliphatic carboxylic acids is 1. The van der Waals surface area contributed by atoms with Gasteiger partial charge in [-0.25, -0.2) is 4.79 Å². The number of amides is 2. The molecule has 2 amide bonds. The minimum atomic E-state index is -1.08. The van der Waals surface area contributed by atoms with Crippen molar-refractivity contribution < 1.29 is 19.5 Å². The van der Waals surface area contributed by atoms with E-state index in [9.17, 15) is 14.4 Å². The van der Waals surface area contributed by atoms with E-state index in [0.29, 0.717) is 0 Å². The maximum Gasteiger partial charge on any atom is 0.326 e. The van der Waals surface area contributed by atoms with E-state index in [2.05, 4.69) is 10.6 Å². The van der Waals surface area contributed by atoms with E-state index in [4.69, 9.17) is 5.11 Å². The first-order valence-electron chi connectivity index (χ1n) is 5.86. The van der Waals surface area contributed by atoms with Gasteiger partial charge in [-0.15, -0.1) is 0 Å². The van der Waals surface area contributed by atoms with Crippen molar-refractivity contribution in [2.24, 2.45) is 11.3 Å². The van der Waals surface area contributed by atoms with Gasteiger partial charge in [0.2, 0.25) is 11.8 Å². The van der Waals surface area contributed by atoms with Crippen LogP contribution in [-0.2, 0) is 14.4 Å². The summed E-state index contributed by atoms with van der Waals surface area (Å²) in [5.41, 5.74) is -0.579. The molecule has 0 saturated heterocycles. The lowest BCUT2D eigenvalue weighted by Gasteiger charge is -2.20. The smallest absolute Gasteiger partial charge is 0.326 e. The molecule has 0 aromatic carbocycles. The van der Waals surface area contributed by atoms with Gasteiger partial charge in [0.1, 0.15) is 6.04 Å². The molecule has 0 unspecified atom stereocenters. The maximum absolute atomic E-state index is 11.5. The second-order valence-electron chi connectivity index (χ2n) is 5.56. The molecule has 6 heteroatoms. The average molecular weight is 258 g/mol. The van der Waals surface area contributed by atoms with Crippen LogP contribution in [-0.4, -0.2) is 35.5 Å². The molecule has 0 aliphatic heterocycles. The summed E-state index contributed by atoms with van der Waals surface area (Å²) in [4.78, 5) is 33.9. The van der Waals surface area contributed by atoms with Crippen LogP contribution < -0.4 is 10.6 Å². The zero-order chi connectivity index (χ0) is 14.5. The standard InChI is InChI=1S/C12H22N2O4/c1-7(2)9(10(16)17)14-8(15)6-13-11(18)12(3,4)5/h7,9H,6H2,1-5H3,(H,13,18)(H,14,15)(H,16,17)/t9-/m1/s1. The third kappa shape index (κ3) is 5.65. The Balaban J connectivity index is 4.28. The molecule has 0 aromatic heterocycles. The summed E-state index contributed by atoms with van der Waals surface area (Å²) >= 11 is 0. The first-order chi connectivity index (χ1) is 8.05. The van der Waals surface area contributed by atoms with Crippen LogP contribution in [0.4, 0.5) is 0 Å². The molecule has 0 aliphatic rings. The molecule has 0 saturated carbocycles. The zero-order valence-corrected chi connectivity index (χ0v) is 11.5. The quantitative estimate of drug-likeness (QED) is 0.664. The summed E-state index contributed by atoms with van der Waals surface area (Å²) in [6.45, 7) is 8.38. The lowest BCUT2D eigenvalue weighted by molar-refractivity contribution is -0.143. The van der Waals surface area contributed by atoms with Gasteiger partial charge in [-0.05, 0) is 5.92 Å². The minimum absolute atomic E-state index is 0.216. The fourth-order valence-corrected chi connectivity index (χ4v) is 1.16. The van der Waals surface area contributed by atoms with Gasteiger partial charge in [0.05, 0.1) is 6.54 Å². The van der Waals surface area contributed by atoms with Gasteiger partial charge in [0.25, 0.3) is 0 Å². The second-order valence-corrected chi connectivity index (χ2v) is 5.56. The lowest BCUT2D eigenvalue weighted by Crippen LogP contribution is -2.49. The Morgan fingerprint density at radius 1 is 1.17 bits per heavy atom. The molecular weight excluding hydrogens is 236 g/mol. The summed E-state index contributed by atoms with van der Waals surface area (Å²) in [5.74, 6) is -2.06. The number of carboxylic acid groups (broad SMARTS) is 1. The third-order valence-electron chi connectivity index (χ3n) is 2.34. The van der Waals surface area contributed by atoms with Crippen molar-refractivity contribution >= 4 is 17.8 Å². The summed E-state index contributed by atoms with van der Waals surface area (Å²) in [7, 11) is 0. The average Bonchev–Trinajstić information content (AvgIpc) is 2.19. The van der Waals surface area contributed by atoms with Gasteiger partial charge in [0.15, 0.2) is 0 Å². The molecule has 0 aromatic rings. The second kappa shape index (κ2) is 6.37. The van der Waals surface area contributed by atoms with E-state index in [-0.39, 0.29) is 18.4 Å². The Bertz CT molecular complexity index is 331. The highest BCUT2D eigenvalue weighted by molar-refractivity contribution is 5.89. The van der Waals surface area contributed by atoms with Crippen molar-refractivity contribution in [3.8, 4) is 0 Å². The number of hydrogen-bond acceptors (Lipinski definition) is 3. The van der Waals surface area contributed by atoms with E-state index < -0.39 is 23.3 Å². The largest absolute Gasteiger partial charge is 0.480 e. The van der Waals surface area contributed by atoms with Gasteiger partial charge >= 0.3 is 5.97 Å². The van der Waals surface area contributed by atoms with Gasteiger partial charge in [-0.3, -0.25) is 9.59 Å². The van der Waals surface area contributed by atoms with Gasteiger partial charge < -0.3 is 15.7 Å². The van der Waals surface area contributed by atoms with Crippen LogP contribution in [0.2, 0.25) is 0 Å². The predicted octanol–water partition coefficient (Wildman–Crippen LogP) is 0.374. The van der Waals surface area contributed by atoms with Crippen LogP contribution in [0.3, 0.4) is 0 Å². The zero-order valence-electron chi connectivity index (χ0n) is 11.5. The van der Waals surface area contributed by atoms with Crippen molar-refractivity contribution in [2.75, 3.05) is 6.54 Å². The van der Waals surface area contributed by atoms with Crippen molar-refractivity contribution in [1.29, 1.82) is 0 Å². The van der Waals surface area contributed by atoms with E-state index in [1.54, 1.807) is 34.6 Å². The van der Waals surface area contributed by atoms with Gasteiger partial charge in [-0.1, -0.05) is 34.6 Å². The van der Waals surface area contributed by atoms with Crippen LogP contribution in [0.5, 0.6) is 0 Å². The highest BCUT2D eigenvalue weighted by Gasteiger charge is 2.25. The van der Waals surface area contributed by atoms with E-state index in [1.165, 1.54) is 0 Å². The number of hydrogen-bond donors (Lipinski definition) is 3. The first-order valence-corrected chi connectivity index (χ1v) is 5.86. The third-order valence-corrected chi connectivity index (χ3v) is 2.34. The molecule has 0 fully saturated rings. The molecule has 0 spiro atoms. The van der Waals surface area contributed by atoms with Crippen molar-refractivity contribution in [1.82, 2.24) is 10.6 Å². The molecule has 6 nitrogen and oxygen atoms in total. The number of carbonyl (C=O) groups excluding carboxylic acids is 2. The molecule has 0 rings (SSSR count). The minimum Gasteiger partial charge on any atom is -0.480 e. The van der Waals surface area contributed by atoms with E-state index >= 15 is 0 Å². The molecule has 0 radical (unpaired) electrons. The Kier molecular flexibility index (Phi) is 5.81. The molecule has 0 bridgehead atoms. The Morgan fingerprint density at radius 2 is 1.67 bits per heavy atom. The molecule has 1 atom stereocenters. The topological polar surface area (TPSA) is 95.5 Å². The van der Waals surface area contributed by atoms with Crippen LogP contribution in [0.1, 0.15) is 34.6 Å². The Hall–Kier alpha value is -1.59. The predicted molar refractivity (Wildman–Crippen MR) is 66.9 cm³/mol. The van der Waals surface area contributed by atoms with Crippen molar-refractivity contribution in [3.63, 3.8) is 0 Å². The fourth-order valence-electron chi connectivity index (χ4n) is 1.16. The fraction of sp³-hybridized carbons (Fsp3) is 0.750. The normalized spacial score (nSPS) is 13.0. The highest BCUT2D eigenvalue weighted by Crippen LogP contribution is 2.11. The molecule has 18 heavy (non-hydrogen) atoms. The van der Waals surface area contributed by atoms with Crippen molar-refractivity contribution in [3.05, 3.63) is 0 Å². The SMILES string of the molecule is CC(C)[C@@H](NC(=O)CNC(=O)C(C)(C)C)C(=O)O. The number of rotatable bonds is 5. The Morgan fingerprint density at radius 3 is 2.00 bits per heavy atom. The van der Waals surface area contributed by atoms with Crippen LogP contribution in [0.15, 0.2) is 0 Å². The van der Waals surface area contributed by atoms with Crippen LogP contribution in [0.25, 0.3) is 0 Å². The molecule has 3 N–H and O–H groups in total. The van der Waals surface area contributed by atoms with E-state index in [0.717, 1.165) is 0 Å². The summed E-state index contributed by atoms with van der Waals surface area (Å²) in [6.07, 6.45) is 0. The van der Waals surface area contributed by atoms with Gasteiger partial charge in [0, 0.05) is 5.41 Å². The van der Waals surface area contributed by atoms with Crippen molar-refractivity contribution in [2.45, 2.75) is 40.7 Å². The van der Waals surface area contributed by atoms with Crippen LogP contribution in [0, 0.1) is 11.3 Å². The van der Waals surface area contributed by atoms with Crippen LogP contribution >= 0.6 is 0 Å². The summed E-state index contributed by atoms with van der Waals surface area (Å²) < 4.78 is 0. The summed E-state index contributed by atoms with van der Waals surface area (Å²) in [5, 5.41) is 13.7. The maximum atomic E-state index is 11.5. The first kappa shape index (κ1) is 16.4. The highest BCUT2D eigenvalue weighted by atomic mass is 16.4. The van der Waals surface area contributed by atoms with Gasteiger partial charge in [-0.2, -0.15) is 0 Å². The lowest BCUT2D eigenvalue weighted by atomic mass is 9.96. The number of nitrogens with one attached hydrogen (secondary N) is 2.